The largest absolute Gasteiger partial charge is 0.357 e. The van der Waals surface area contributed by atoms with Crippen LogP contribution in [0.5, 0.6) is 0 Å². The van der Waals surface area contributed by atoms with Crippen molar-refractivity contribution in [3.63, 3.8) is 0 Å². The second kappa shape index (κ2) is 12.3. The third-order valence-electron chi connectivity index (χ3n) is 4.98. The van der Waals surface area contributed by atoms with Crippen LogP contribution >= 0.6 is 24.0 Å². The Morgan fingerprint density at radius 2 is 1.93 bits per heavy atom. The van der Waals surface area contributed by atoms with Gasteiger partial charge >= 0.3 is 0 Å². The number of likely N-dealkylation sites (tertiary alicyclic amines) is 1. The number of rotatable bonds is 7. The van der Waals surface area contributed by atoms with Crippen LogP contribution in [0.4, 0.5) is 0 Å². The fraction of sp³-hybridized carbons (Fsp3) is 0.619. The van der Waals surface area contributed by atoms with E-state index >= 15 is 0 Å². The minimum atomic E-state index is -0.0399. The minimum absolute atomic E-state index is 0. The quantitative estimate of drug-likeness (QED) is 0.306. The zero-order valence-corrected chi connectivity index (χ0v) is 20.1. The summed E-state index contributed by atoms with van der Waals surface area (Å²) in [4.78, 5) is 19.3. The average molecular weight is 501 g/mol. The molecule has 1 aliphatic heterocycles. The first-order chi connectivity index (χ1) is 12.9. The molecular formula is C21H36IN5O. The number of carbonyl (C=O) groups excluding carboxylic acids is 1. The van der Waals surface area contributed by atoms with Crippen molar-refractivity contribution >= 4 is 35.8 Å². The van der Waals surface area contributed by atoms with Gasteiger partial charge in [-0.25, -0.2) is 4.99 Å². The molecule has 1 amide bonds. The Bertz CT molecular complexity index is 649. The molecule has 0 saturated carbocycles. The molecule has 2 rings (SSSR count). The number of hydrogen-bond donors (Lipinski definition) is 3. The van der Waals surface area contributed by atoms with Gasteiger partial charge in [-0.1, -0.05) is 19.1 Å². The van der Waals surface area contributed by atoms with Crippen molar-refractivity contribution < 1.29 is 4.79 Å². The van der Waals surface area contributed by atoms with E-state index in [9.17, 15) is 4.79 Å². The molecule has 0 aliphatic carbocycles. The summed E-state index contributed by atoms with van der Waals surface area (Å²) in [6.45, 7) is 14.9. The summed E-state index contributed by atoms with van der Waals surface area (Å²) in [5.41, 5.74) is 1.71. The smallest absolute Gasteiger partial charge is 0.251 e. The van der Waals surface area contributed by atoms with Crippen LogP contribution in [0.3, 0.4) is 0 Å². The Morgan fingerprint density at radius 1 is 1.21 bits per heavy atom. The lowest BCUT2D eigenvalue weighted by Gasteiger charge is -2.22. The zero-order chi connectivity index (χ0) is 19.8. The van der Waals surface area contributed by atoms with Crippen LogP contribution in [-0.4, -0.2) is 55.0 Å². The van der Waals surface area contributed by atoms with Gasteiger partial charge in [-0.3, -0.25) is 9.69 Å². The lowest BCUT2D eigenvalue weighted by molar-refractivity contribution is 0.0955. The van der Waals surface area contributed by atoms with Crippen LogP contribution in [0.15, 0.2) is 29.3 Å². The maximum Gasteiger partial charge on any atom is 0.251 e. The summed E-state index contributed by atoms with van der Waals surface area (Å²) in [5, 5.41) is 9.78. The normalized spacial score (nSPS) is 20.0. The Balaban J connectivity index is 0.00000392. The van der Waals surface area contributed by atoms with E-state index in [0.29, 0.717) is 36.7 Å². The van der Waals surface area contributed by atoms with E-state index in [4.69, 9.17) is 4.99 Å². The fourth-order valence-corrected chi connectivity index (χ4v) is 3.35. The van der Waals surface area contributed by atoms with Crippen molar-refractivity contribution in [3.05, 3.63) is 35.4 Å². The predicted octanol–water partition coefficient (Wildman–Crippen LogP) is 2.84. The first kappa shape index (κ1) is 24.7. The predicted molar refractivity (Wildman–Crippen MR) is 127 cm³/mol. The van der Waals surface area contributed by atoms with Crippen LogP contribution in [0.2, 0.25) is 0 Å². The van der Waals surface area contributed by atoms with Crippen LogP contribution in [0.1, 0.15) is 50.5 Å². The Morgan fingerprint density at radius 3 is 2.54 bits per heavy atom. The first-order valence-electron chi connectivity index (χ1n) is 10.1. The number of nitrogens with one attached hydrogen (secondary N) is 3. The van der Waals surface area contributed by atoms with Crippen molar-refractivity contribution in [2.45, 2.75) is 53.2 Å². The monoisotopic (exact) mass is 501 g/mol. The molecule has 2 unspecified atom stereocenters. The van der Waals surface area contributed by atoms with E-state index in [1.807, 2.05) is 31.2 Å². The van der Waals surface area contributed by atoms with Gasteiger partial charge in [-0.15, -0.1) is 24.0 Å². The molecule has 28 heavy (non-hydrogen) atoms. The van der Waals surface area contributed by atoms with Gasteiger partial charge in [0.15, 0.2) is 5.96 Å². The van der Waals surface area contributed by atoms with Gasteiger partial charge in [-0.2, -0.15) is 0 Å². The lowest BCUT2D eigenvalue weighted by Crippen LogP contribution is -2.46. The summed E-state index contributed by atoms with van der Waals surface area (Å²) in [5.74, 6) is 1.38. The molecule has 1 aromatic carbocycles. The highest BCUT2D eigenvalue weighted by atomic mass is 127. The molecule has 0 radical (unpaired) electrons. The minimum Gasteiger partial charge on any atom is -0.357 e. The summed E-state index contributed by atoms with van der Waals surface area (Å²) in [6, 6.07) is 8.63. The van der Waals surface area contributed by atoms with E-state index in [1.54, 1.807) is 0 Å². The molecule has 3 N–H and O–H groups in total. The number of benzene rings is 1. The highest BCUT2D eigenvalue weighted by Gasteiger charge is 2.31. The van der Waals surface area contributed by atoms with E-state index < -0.39 is 0 Å². The van der Waals surface area contributed by atoms with Crippen molar-refractivity contribution in [3.8, 4) is 0 Å². The summed E-state index contributed by atoms with van der Waals surface area (Å²) >= 11 is 0. The van der Waals surface area contributed by atoms with Gasteiger partial charge in [0.25, 0.3) is 5.91 Å². The van der Waals surface area contributed by atoms with E-state index in [-0.39, 0.29) is 29.9 Å². The second-order valence-electron chi connectivity index (χ2n) is 7.53. The van der Waals surface area contributed by atoms with Gasteiger partial charge in [0.2, 0.25) is 0 Å². The third kappa shape index (κ3) is 7.24. The molecule has 1 saturated heterocycles. The summed E-state index contributed by atoms with van der Waals surface area (Å²) in [6.07, 6.45) is 0. The Hall–Kier alpha value is -1.35. The third-order valence-corrected chi connectivity index (χ3v) is 4.98. The summed E-state index contributed by atoms with van der Waals surface area (Å²) < 4.78 is 0. The lowest BCUT2D eigenvalue weighted by atomic mass is 10.1. The van der Waals surface area contributed by atoms with Gasteiger partial charge in [0.05, 0.1) is 6.54 Å². The number of guanidine groups is 1. The zero-order valence-electron chi connectivity index (χ0n) is 17.8. The van der Waals surface area contributed by atoms with Crippen molar-refractivity contribution in [2.75, 3.05) is 26.2 Å². The second-order valence-corrected chi connectivity index (χ2v) is 7.53. The number of nitrogens with zero attached hydrogens (tertiary/aromatic N) is 2. The molecular weight excluding hydrogens is 465 g/mol. The first-order valence-corrected chi connectivity index (χ1v) is 10.1. The van der Waals surface area contributed by atoms with E-state index in [1.165, 1.54) is 0 Å². The molecule has 0 bridgehead atoms. The van der Waals surface area contributed by atoms with E-state index in [0.717, 1.165) is 31.2 Å². The Labute approximate surface area is 187 Å². The van der Waals surface area contributed by atoms with Crippen LogP contribution in [-0.2, 0) is 6.54 Å². The standard InChI is InChI=1S/C21H35N5O.HI/c1-6-22-20(27)18-10-8-9-17(11-18)12-24-21(23-7-2)25-19-14-26(15(3)4)13-16(19)5;/h8-11,15-16,19H,6-7,12-14H2,1-5H3,(H,22,27)(H2,23,24,25);1H. The molecule has 0 spiro atoms. The van der Waals surface area contributed by atoms with Crippen molar-refractivity contribution in [2.24, 2.45) is 10.9 Å². The highest BCUT2D eigenvalue weighted by molar-refractivity contribution is 14.0. The molecule has 1 aromatic rings. The SMILES string of the molecule is CCNC(=O)c1cccc(CN=C(NCC)NC2CN(C(C)C)CC2C)c1.I. The summed E-state index contributed by atoms with van der Waals surface area (Å²) in [7, 11) is 0. The molecule has 6 nitrogen and oxygen atoms in total. The Kier molecular flexibility index (Phi) is 10.8. The molecule has 2 atom stereocenters. The topological polar surface area (TPSA) is 68.8 Å². The van der Waals surface area contributed by atoms with Crippen LogP contribution in [0, 0.1) is 5.92 Å². The number of carbonyl (C=O) groups is 1. The van der Waals surface area contributed by atoms with Crippen LogP contribution < -0.4 is 16.0 Å². The van der Waals surface area contributed by atoms with Crippen molar-refractivity contribution in [1.82, 2.24) is 20.9 Å². The van der Waals surface area contributed by atoms with E-state index in [2.05, 4.69) is 48.5 Å². The molecule has 158 valence electrons. The van der Waals surface area contributed by atoms with Gasteiger partial charge in [0.1, 0.15) is 0 Å². The maximum absolute atomic E-state index is 12.0. The number of amides is 1. The molecule has 7 heteroatoms. The molecule has 1 fully saturated rings. The number of hydrogen-bond acceptors (Lipinski definition) is 3. The van der Waals surface area contributed by atoms with Gasteiger partial charge < -0.3 is 16.0 Å². The van der Waals surface area contributed by atoms with Gasteiger partial charge in [0, 0.05) is 43.8 Å². The van der Waals surface area contributed by atoms with Gasteiger partial charge in [-0.05, 0) is 51.3 Å². The molecule has 0 aromatic heterocycles. The number of halogens is 1. The van der Waals surface area contributed by atoms with Crippen molar-refractivity contribution in [1.29, 1.82) is 0 Å². The molecule has 1 aliphatic rings. The molecule has 1 heterocycles. The average Bonchev–Trinajstić information content (AvgIpc) is 3.01. The fourth-order valence-electron chi connectivity index (χ4n) is 3.35. The number of aliphatic imine (C=N–C) groups is 1. The highest BCUT2D eigenvalue weighted by Crippen LogP contribution is 2.18. The van der Waals surface area contributed by atoms with Crippen LogP contribution in [0.25, 0.3) is 0 Å². The maximum atomic E-state index is 12.0.